The van der Waals surface area contributed by atoms with E-state index in [-0.39, 0.29) is 0 Å². The van der Waals surface area contributed by atoms with Crippen molar-refractivity contribution >= 4 is 11.3 Å². The van der Waals surface area contributed by atoms with Crippen molar-refractivity contribution in [3.8, 4) is 0 Å². The molecule has 4 heteroatoms. The van der Waals surface area contributed by atoms with Crippen LogP contribution in [0.25, 0.3) is 0 Å². The molecule has 0 radical (unpaired) electrons. The first-order chi connectivity index (χ1) is 8.26. The molecule has 1 atom stereocenters. The fourth-order valence-electron chi connectivity index (χ4n) is 2.95. The van der Waals surface area contributed by atoms with Gasteiger partial charge in [-0.3, -0.25) is 9.88 Å². The van der Waals surface area contributed by atoms with Crippen LogP contribution in [0.2, 0.25) is 0 Å². The van der Waals surface area contributed by atoms with Gasteiger partial charge in [0.1, 0.15) is 0 Å². The molecule has 2 fully saturated rings. The maximum absolute atomic E-state index is 4.17. The molecule has 0 bridgehead atoms. The Balaban J connectivity index is 1.67. The largest absolute Gasteiger partial charge is 0.310 e. The van der Waals surface area contributed by atoms with Crippen LogP contribution >= 0.6 is 11.3 Å². The third-order valence-corrected chi connectivity index (χ3v) is 4.84. The SMILES string of the molecule is CC1(C2CC2)CN(Cc2cncs2)CCCN1. The molecular formula is C13H21N3S. The van der Waals surface area contributed by atoms with E-state index in [0.717, 1.165) is 12.5 Å². The van der Waals surface area contributed by atoms with Gasteiger partial charge in [0, 0.05) is 29.7 Å². The maximum Gasteiger partial charge on any atom is 0.0794 e. The molecule has 0 amide bonds. The highest BCUT2D eigenvalue weighted by Crippen LogP contribution is 2.40. The lowest BCUT2D eigenvalue weighted by molar-refractivity contribution is 0.196. The van der Waals surface area contributed by atoms with Crippen molar-refractivity contribution in [2.24, 2.45) is 5.92 Å². The van der Waals surface area contributed by atoms with Crippen LogP contribution in [0, 0.1) is 5.92 Å². The molecule has 3 rings (SSSR count). The Bertz CT molecular complexity index is 361. The highest BCUT2D eigenvalue weighted by molar-refractivity contribution is 7.09. The summed E-state index contributed by atoms with van der Waals surface area (Å²) in [4.78, 5) is 8.17. The molecule has 0 spiro atoms. The summed E-state index contributed by atoms with van der Waals surface area (Å²) in [5.41, 5.74) is 2.28. The summed E-state index contributed by atoms with van der Waals surface area (Å²) in [5.74, 6) is 0.907. The minimum atomic E-state index is 0.348. The van der Waals surface area contributed by atoms with E-state index in [1.165, 1.54) is 43.8 Å². The summed E-state index contributed by atoms with van der Waals surface area (Å²) in [6.45, 7) is 7.07. The standard InChI is InChI=1S/C13H21N3S/c1-13(11-3-4-11)9-16(6-2-5-15-13)8-12-7-14-10-17-12/h7,10-11,15H,2-6,8-9H2,1H3. The van der Waals surface area contributed by atoms with Crippen LogP contribution < -0.4 is 5.32 Å². The first kappa shape index (κ1) is 11.6. The van der Waals surface area contributed by atoms with Gasteiger partial charge in [0.05, 0.1) is 5.51 Å². The van der Waals surface area contributed by atoms with Crippen molar-refractivity contribution < 1.29 is 0 Å². The second-order valence-corrected chi connectivity index (χ2v) is 6.62. The zero-order valence-corrected chi connectivity index (χ0v) is 11.3. The Labute approximate surface area is 107 Å². The summed E-state index contributed by atoms with van der Waals surface area (Å²) in [5, 5.41) is 3.78. The second-order valence-electron chi connectivity index (χ2n) is 5.65. The van der Waals surface area contributed by atoms with Crippen molar-refractivity contribution in [3.63, 3.8) is 0 Å². The third kappa shape index (κ3) is 2.69. The van der Waals surface area contributed by atoms with Crippen molar-refractivity contribution in [3.05, 3.63) is 16.6 Å². The van der Waals surface area contributed by atoms with Gasteiger partial charge in [0.25, 0.3) is 0 Å². The first-order valence-electron chi connectivity index (χ1n) is 6.61. The van der Waals surface area contributed by atoms with Crippen LogP contribution in [-0.2, 0) is 6.54 Å². The number of nitrogens with one attached hydrogen (secondary N) is 1. The van der Waals surface area contributed by atoms with E-state index in [2.05, 4.69) is 22.1 Å². The first-order valence-corrected chi connectivity index (χ1v) is 7.49. The molecule has 1 saturated carbocycles. The fraction of sp³-hybridized carbons (Fsp3) is 0.769. The van der Waals surface area contributed by atoms with Gasteiger partial charge in [-0.05, 0) is 45.2 Å². The Morgan fingerprint density at radius 1 is 1.59 bits per heavy atom. The number of thiazole rings is 1. The van der Waals surface area contributed by atoms with Crippen molar-refractivity contribution in [2.45, 2.75) is 38.3 Å². The minimum Gasteiger partial charge on any atom is -0.310 e. The number of aromatic nitrogens is 1. The van der Waals surface area contributed by atoms with Gasteiger partial charge < -0.3 is 5.32 Å². The van der Waals surface area contributed by atoms with Gasteiger partial charge in [0.2, 0.25) is 0 Å². The van der Waals surface area contributed by atoms with Gasteiger partial charge in [-0.25, -0.2) is 0 Å². The van der Waals surface area contributed by atoms with Crippen LogP contribution in [-0.4, -0.2) is 35.1 Å². The molecule has 1 aliphatic heterocycles. The Morgan fingerprint density at radius 2 is 2.47 bits per heavy atom. The van der Waals surface area contributed by atoms with E-state index >= 15 is 0 Å². The van der Waals surface area contributed by atoms with E-state index in [1.807, 2.05) is 11.7 Å². The molecule has 1 aromatic rings. The summed E-state index contributed by atoms with van der Waals surface area (Å²) in [6.07, 6.45) is 6.11. The molecule has 1 aliphatic carbocycles. The van der Waals surface area contributed by atoms with Crippen LogP contribution in [0.5, 0.6) is 0 Å². The highest BCUT2D eigenvalue weighted by atomic mass is 32.1. The van der Waals surface area contributed by atoms with Gasteiger partial charge in [-0.15, -0.1) is 11.3 Å². The Kier molecular flexibility index (Phi) is 3.19. The van der Waals surface area contributed by atoms with Crippen molar-refractivity contribution in [1.29, 1.82) is 0 Å². The molecular weight excluding hydrogens is 230 g/mol. The predicted molar refractivity (Wildman–Crippen MR) is 71.1 cm³/mol. The molecule has 2 aliphatic rings. The second kappa shape index (κ2) is 4.67. The van der Waals surface area contributed by atoms with E-state index in [1.54, 1.807) is 11.3 Å². The van der Waals surface area contributed by atoms with Crippen LogP contribution in [0.4, 0.5) is 0 Å². The summed E-state index contributed by atoms with van der Waals surface area (Å²) < 4.78 is 0. The third-order valence-electron chi connectivity index (χ3n) is 4.07. The molecule has 0 aromatic carbocycles. The predicted octanol–water partition coefficient (Wildman–Crippen LogP) is 2.11. The lowest BCUT2D eigenvalue weighted by atomic mass is 9.95. The normalized spacial score (nSPS) is 31.4. The summed E-state index contributed by atoms with van der Waals surface area (Å²) in [7, 11) is 0. The quantitative estimate of drug-likeness (QED) is 0.892. The Morgan fingerprint density at radius 3 is 3.18 bits per heavy atom. The van der Waals surface area contributed by atoms with Gasteiger partial charge in [-0.1, -0.05) is 0 Å². The molecule has 1 N–H and O–H groups in total. The zero-order chi connectivity index (χ0) is 11.7. The monoisotopic (exact) mass is 251 g/mol. The summed E-state index contributed by atoms with van der Waals surface area (Å²) >= 11 is 1.77. The molecule has 1 saturated heterocycles. The average molecular weight is 251 g/mol. The smallest absolute Gasteiger partial charge is 0.0794 e. The lowest BCUT2D eigenvalue weighted by Gasteiger charge is -2.33. The molecule has 94 valence electrons. The topological polar surface area (TPSA) is 28.2 Å². The van der Waals surface area contributed by atoms with Crippen LogP contribution in [0.15, 0.2) is 11.7 Å². The average Bonchev–Trinajstić information content (AvgIpc) is 3.07. The van der Waals surface area contributed by atoms with Crippen molar-refractivity contribution in [1.82, 2.24) is 15.2 Å². The van der Waals surface area contributed by atoms with E-state index in [0.29, 0.717) is 5.54 Å². The molecule has 17 heavy (non-hydrogen) atoms. The number of hydrogen-bond acceptors (Lipinski definition) is 4. The van der Waals surface area contributed by atoms with E-state index in [4.69, 9.17) is 0 Å². The molecule has 1 unspecified atom stereocenters. The van der Waals surface area contributed by atoms with Gasteiger partial charge in [-0.2, -0.15) is 0 Å². The van der Waals surface area contributed by atoms with E-state index in [9.17, 15) is 0 Å². The van der Waals surface area contributed by atoms with Gasteiger partial charge in [0.15, 0.2) is 0 Å². The molecule has 2 heterocycles. The fourth-order valence-corrected chi connectivity index (χ4v) is 3.58. The zero-order valence-electron chi connectivity index (χ0n) is 10.5. The molecule has 3 nitrogen and oxygen atoms in total. The summed E-state index contributed by atoms with van der Waals surface area (Å²) in [6, 6.07) is 0. The van der Waals surface area contributed by atoms with Crippen molar-refractivity contribution in [2.75, 3.05) is 19.6 Å². The van der Waals surface area contributed by atoms with Crippen LogP contribution in [0.1, 0.15) is 31.1 Å². The number of hydrogen-bond donors (Lipinski definition) is 1. The molecule has 1 aromatic heterocycles. The highest BCUT2D eigenvalue weighted by Gasteiger charge is 2.42. The lowest BCUT2D eigenvalue weighted by Crippen LogP contribution is -2.50. The Hall–Kier alpha value is -0.450. The number of nitrogens with zero attached hydrogens (tertiary/aromatic N) is 2. The van der Waals surface area contributed by atoms with Crippen LogP contribution in [0.3, 0.4) is 0 Å². The van der Waals surface area contributed by atoms with E-state index < -0.39 is 0 Å². The minimum absolute atomic E-state index is 0.348. The van der Waals surface area contributed by atoms with Gasteiger partial charge >= 0.3 is 0 Å². The number of rotatable bonds is 3. The maximum atomic E-state index is 4.17.